The van der Waals surface area contributed by atoms with E-state index in [4.69, 9.17) is 10.5 Å². The molecule has 0 spiro atoms. The van der Waals surface area contributed by atoms with Gasteiger partial charge in [-0.2, -0.15) is 0 Å². The number of rotatable bonds is 1. The van der Waals surface area contributed by atoms with E-state index in [1.54, 1.807) is 24.3 Å². The monoisotopic (exact) mass is 217 g/mol. The molecule has 0 unspecified atom stereocenters. The highest BCUT2D eigenvalue weighted by molar-refractivity contribution is 5.90. The molecule has 1 rings (SSSR count). The van der Waals surface area contributed by atoms with Crippen LogP contribution in [0.3, 0.4) is 0 Å². The van der Waals surface area contributed by atoms with E-state index in [0.717, 1.165) is 0 Å². The summed E-state index contributed by atoms with van der Waals surface area (Å²) in [4.78, 5) is 11.5. The fraction of sp³-hybridized carbons (Fsp3) is 0.308. The van der Waals surface area contributed by atoms with Crippen LogP contribution in [0.2, 0.25) is 0 Å². The minimum Gasteiger partial charge on any atom is -0.399 e. The van der Waals surface area contributed by atoms with Gasteiger partial charge in [-0.25, -0.2) is 4.79 Å². The normalized spacial score (nSPS) is 10.2. The Labute approximate surface area is 95.6 Å². The summed E-state index contributed by atoms with van der Waals surface area (Å²) in [6.07, 6.45) is 2.41. The summed E-state index contributed by atoms with van der Waals surface area (Å²) < 4.78 is 4.80. The first kappa shape index (κ1) is 12.1. The molecular weight excluding hydrogens is 202 g/mol. The number of anilines is 1. The van der Waals surface area contributed by atoms with Gasteiger partial charge < -0.3 is 10.5 Å². The Morgan fingerprint density at radius 3 is 2.31 bits per heavy atom. The van der Waals surface area contributed by atoms with E-state index in [-0.39, 0.29) is 5.41 Å². The standard InChI is InChI=1S/C13H15NO2/c1-13(2,3)8-9-16-12(15)10-4-6-11(14)7-5-10/h4-7H,14H2,1-3H3. The number of nitrogen functional groups attached to an aromatic ring is 1. The van der Waals surface area contributed by atoms with Crippen LogP contribution in [-0.4, -0.2) is 5.97 Å². The SMILES string of the molecule is CC(C)(C)C#COC(=O)c1ccc(N)cc1. The van der Waals surface area contributed by atoms with Gasteiger partial charge in [0.15, 0.2) is 0 Å². The first-order valence-corrected chi connectivity index (χ1v) is 4.97. The van der Waals surface area contributed by atoms with Crippen molar-refractivity contribution in [2.45, 2.75) is 20.8 Å². The summed E-state index contributed by atoms with van der Waals surface area (Å²) in [5.74, 6) is 2.35. The van der Waals surface area contributed by atoms with Crippen LogP contribution in [0, 0.1) is 17.4 Å². The van der Waals surface area contributed by atoms with Gasteiger partial charge in [-0.1, -0.05) is 5.92 Å². The first-order valence-electron chi connectivity index (χ1n) is 4.97. The zero-order valence-electron chi connectivity index (χ0n) is 9.70. The van der Waals surface area contributed by atoms with Crippen LogP contribution in [0.25, 0.3) is 0 Å². The molecule has 16 heavy (non-hydrogen) atoms. The molecule has 0 saturated carbocycles. The molecule has 0 heterocycles. The highest BCUT2D eigenvalue weighted by Crippen LogP contribution is 2.10. The van der Waals surface area contributed by atoms with E-state index in [2.05, 4.69) is 12.0 Å². The Morgan fingerprint density at radius 1 is 1.25 bits per heavy atom. The van der Waals surface area contributed by atoms with E-state index in [1.807, 2.05) is 20.8 Å². The number of ether oxygens (including phenoxy) is 1. The van der Waals surface area contributed by atoms with Gasteiger partial charge in [-0.15, -0.1) is 0 Å². The van der Waals surface area contributed by atoms with Crippen molar-refractivity contribution in [3.63, 3.8) is 0 Å². The lowest BCUT2D eigenvalue weighted by Gasteiger charge is -2.06. The summed E-state index contributed by atoms with van der Waals surface area (Å²) in [7, 11) is 0. The maximum atomic E-state index is 11.5. The third kappa shape index (κ3) is 4.05. The van der Waals surface area contributed by atoms with Gasteiger partial charge >= 0.3 is 5.97 Å². The van der Waals surface area contributed by atoms with Crippen LogP contribution in [0.5, 0.6) is 0 Å². The molecule has 0 aliphatic rings. The topological polar surface area (TPSA) is 52.3 Å². The lowest BCUT2D eigenvalue weighted by atomic mass is 9.99. The quantitative estimate of drug-likeness (QED) is 0.446. The van der Waals surface area contributed by atoms with Gasteiger partial charge in [-0.05, 0) is 45.0 Å². The van der Waals surface area contributed by atoms with Crippen LogP contribution in [0.4, 0.5) is 5.69 Å². The van der Waals surface area contributed by atoms with Gasteiger partial charge in [0, 0.05) is 11.1 Å². The zero-order valence-corrected chi connectivity index (χ0v) is 9.70. The van der Waals surface area contributed by atoms with E-state index in [1.165, 1.54) is 0 Å². The molecule has 3 heteroatoms. The van der Waals surface area contributed by atoms with Gasteiger partial charge in [-0.3, -0.25) is 0 Å². The molecule has 0 aliphatic carbocycles. The number of hydrogen-bond donors (Lipinski definition) is 1. The molecule has 0 fully saturated rings. The smallest absolute Gasteiger partial charge is 0.352 e. The molecule has 0 atom stereocenters. The molecule has 84 valence electrons. The molecule has 0 bridgehead atoms. The zero-order chi connectivity index (χ0) is 12.2. The number of nitrogens with two attached hydrogens (primary N) is 1. The Balaban J connectivity index is 2.66. The number of benzene rings is 1. The maximum Gasteiger partial charge on any atom is 0.352 e. The van der Waals surface area contributed by atoms with Crippen LogP contribution in [0.1, 0.15) is 31.1 Å². The molecule has 3 nitrogen and oxygen atoms in total. The van der Waals surface area contributed by atoms with Crippen molar-refractivity contribution in [3.05, 3.63) is 29.8 Å². The summed E-state index contributed by atoms with van der Waals surface area (Å²) in [6, 6.07) is 6.51. The Hall–Kier alpha value is -1.95. The van der Waals surface area contributed by atoms with Gasteiger partial charge in [0.1, 0.15) is 6.11 Å². The first-order chi connectivity index (χ1) is 7.38. The van der Waals surface area contributed by atoms with Crippen LogP contribution in [0.15, 0.2) is 24.3 Å². The minimum atomic E-state index is -0.461. The van der Waals surface area contributed by atoms with E-state index >= 15 is 0 Å². The molecule has 1 aromatic carbocycles. The van der Waals surface area contributed by atoms with E-state index in [0.29, 0.717) is 11.3 Å². The fourth-order valence-corrected chi connectivity index (χ4v) is 0.903. The highest BCUT2D eigenvalue weighted by Gasteiger charge is 2.07. The third-order valence-corrected chi connectivity index (χ3v) is 1.72. The van der Waals surface area contributed by atoms with Crippen molar-refractivity contribution in [2.75, 3.05) is 5.73 Å². The van der Waals surface area contributed by atoms with Crippen LogP contribution >= 0.6 is 0 Å². The lowest BCUT2D eigenvalue weighted by molar-refractivity contribution is 0.0690. The summed E-state index contributed by atoms with van der Waals surface area (Å²) >= 11 is 0. The Kier molecular flexibility index (Phi) is 3.57. The largest absolute Gasteiger partial charge is 0.399 e. The van der Waals surface area contributed by atoms with Crippen molar-refractivity contribution >= 4 is 11.7 Å². The molecule has 0 aliphatic heterocycles. The highest BCUT2D eigenvalue weighted by atomic mass is 16.5. The van der Waals surface area contributed by atoms with E-state index < -0.39 is 5.97 Å². The number of carbonyl (C=O) groups excluding carboxylic acids is 1. The number of carbonyl (C=O) groups is 1. The van der Waals surface area contributed by atoms with Crippen LogP contribution in [-0.2, 0) is 4.74 Å². The Bertz CT molecular complexity index is 430. The number of esters is 1. The predicted molar refractivity (Wildman–Crippen MR) is 63.5 cm³/mol. The minimum absolute atomic E-state index is 0.179. The second kappa shape index (κ2) is 4.71. The summed E-state index contributed by atoms with van der Waals surface area (Å²) in [5, 5.41) is 0. The van der Waals surface area contributed by atoms with Crippen molar-refractivity contribution < 1.29 is 9.53 Å². The summed E-state index contributed by atoms with van der Waals surface area (Å²) in [5.41, 5.74) is 6.38. The average Bonchev–Trinajstić information content (AvgIpc) is 2.16. The lowest BCUT2D eigenvalue weighted by Crippen LogP contribution is -2.03. The molecule has 0 radical (unpaired) electrons. The van der Waals surface area contributed by atoms with Gasteiger partial charge in [0.05, 0.1) is 5.56 Å². The van der Waals surface area contributed by atoms with Gasteiger partial charge in [0.2, 0.25) is 0 Å². The van der Waals surface area contributed by atoms with Gasteiger partial charge in [0.25, 0.3) is 0 Å². The molecule has 0 amide bonds. The maximum absolute atomic E-state index is 11.5. The van der Waals surface area contributed by atoms with Crippen molar-refractivity contribution in [1.29, 1.82) is 0 Å². The molecule has 0 saturated heterocycles. The average molecular weight is 217 g/mol. The summed E-state index contributed by atoms with van der Waals surface area (Å²) in [6.45, 7) is 5.82. The van der Waals surface area contributed by atoms with Crippen molar-refractivity contribution in [3.8, 4) is 12.0 Å². The molecule has 0 aromatic heterocycles. The number of hydrogen-bond acceptors (Lipinski definition) is 3. The van der Waals surface area contributed by atoms with Crippen LogP contribution < -0.4 is 5.73 Å². The second-order valence-corrected chi connectivity index (χ2v) is 4.49. The molecule has 1 aromatic rings. The molecule has 2 N–H and O–H groups in total. The Morgan fingerprint density at radius 2 is 1.81 bits per heavy atom. The van der Waals surface area contributed by atoms with E-state index in [9.17, 15) is 4.79 Å². The third-order valence-electron chi connectivity index (χ3n) is 1.72. The second-order valence-electron chi connectivity index (χ2n) is 4.49. The predicted octanol–water partition coefficient (Wildman–Crippen LogP) is 2.43. The fourth-order valence-electron chi connectivity index (χ4n) is 0.903. The van der Waals surface area contributed by atoms with Crippen molar-refractivity contribution in [1.82, 2.24) is 0 Å². The van der Waals surface area contributed by atoms with Crippen molar-refractivity contribution in [2.24, 2.45) is 5.41 Å². The molecular formula is C13H15NO2.